The van der Waals surface area contributed by atoms with Crippen LogP contribution in [0.15, 0.2) is 48.5 Å². The van der Waals surface area contributed by atoms with Gasteiger partial charge in [0.2, 0.25) is 0 Å². The second-order valence-electron chi connectivity index (χ2n) is 5.61. The van der Waals surface area contributed by atoms with Crippen molar-refractivity contribution in [3.05, 3.63) is 70.0 Å². The number of carbonyl (C=O) groups excluding carboxylic acids is 2. The molecule has 0 saturated carbocycles. The molecule has 0 fully saturated rings. The van der Waals surface area contributed by atoms with Crippen LogP contribution in [0.2, 0.25) is 10.0 Å². The Balaban J connectivity index is 1.58. The number of benzene rings is 2. The van der Waals surface area contributed by atoms with Crippen molar-refractivity contribution >= 4 is 56.8 Å². The number of nitrogens with one attached hydrogen (secondary N) is 3. The summed E-state index contributed by atoms with van der Waals surface area (Å²) in [6, 6.07) is 13.8. The van der Waals surface area contributed by atoms with Gasteiger partial charge in [0.15, 0.2) is 0 Å². The van der Waals surface area contributed by atoms with Crippen LogP contribution < -0.4 is 5.32 Å². The molecule has 0 atom stereocenters. The predicted molar refractivity (Wildman–Crippen MR) is 98.4 cm³/mol. The van der Waals surface area contributed by atoms with Gasteiger partial charge in [-0.25, -0.2) is 0 Å². The summed E-state index contributed by atoms with van der Waals surface area (Å²) in [6.45, 7) is 0. The molecule has 0 saturated heterocycles. The quantitative estimate of drug-likeness (QED) is 0.452. The van der Waals surface area contributed by atoms with Gasteiger partial charge >= 0.3 is 0 Å². The molecule has 0 spiro atoms. The lowest BCUT2D eigenvalue weighted by Crippen LogP contribution is -2.30. The topological polar surface area (TPSA) is 77.8 Å². The molecule has 2 amide bonds. The van der Waals surface area contributed by atoms with Gasteiger partial charge in [-0.2, -0.15) is 0 Å². The maximum atomic E-state index is 12.3. The number of halogens is 2. The van der Waals surface area contributed by atoms with E-state index in [1.165, 1.54) is 0 Å². The molecule has 0 bridgehead atoms. The molecule has 4 rings (SSSR count). The summed E-state index contributed by atoms with van der Waals surface area (Å²) in [7, 11) is 0. The second-order valence-corrected chi connectivity index (χ2v) is 6.49. The van der Waals surface area contributed by atoms with Crippen LogP contribution in [0.25, 0.3) is 21.8 Å². The Morgan fingerprint density at radius 2 is 1.16 bits per heavy atom. The van der Waals surface area contributed by atoms with E-state index < -0.39 is 11.8 Å². The Bertz CT molecular complexity index is 1050. The Morgan fingerprint density at radius 3 is 1.60 bits per heavy atom. The Morgan fingerprint density at radius 1 is 0.720 bits per heavy atom. The van der Waals surface area contributed by atoms with E-state index in [-0.39, 0.29) is 11.4 Å². The Kier molecular flexibility index (Phi) is 3.75. The number of H-pyrrole nitrogens is 2. The summed E-state index contributed by atoms with van der Waals surface area (Å²) in [5.74, 6) is -1.04. The normalized spacial score (nSPS) is 11.1. The first kappa shape index (κ1) is 15.7. The lowest BCUT2D eigenvalue weighted by Gasteiger charge is -2.00. The van der Waals surface area contributed by atoms with Crippen molar-refractivity contribution in [2.45, 2.75) is 0 Å². The highest BCUT2D eigenvalue weighted by molar-refractivity contribution is 6.31. The molecule has 0 aliphatic carbocycles. The summed E-state index contributed by atoms with van der Waals surface area (Å²) in [5, 5.41) is 5.10. The standard InChI is InChI=1S/C18H11Cl2N3O2/c19-11-1-3-13-9(5-11)7-15(21-13)17(24)23-18(25)16-8-10-6-12(20)2-4-14(10)22-16/h1-8,21-22H,(H,23,24,25). The van der Waals surface area contributed by atoms with Gasteiger partial charge in [-0.3, -0.25) is 14.9 Å². The number of carbonyl (C=O) groups is 2. The first-order valence-corrected chi connectivity index (χ1v) is 8.17. The SMILES string of the molecule is O=C(NC(=O)c1cc2cc(Cl)ccc2[nH]1)c1cc2cc(Cl)ccc2[nH]1. The average molecular weight is 372 g/mol. The zero-order chi connectivity index (χ0) is 17.6. The van der Waals surface area contributed by atoms with E-state index >= 15 is 0 Å². The lowest BCUT2D eigenvalue weighted by molar-refractivity contribution is 0.0844. The maximum absolute atomic E-state index is 12.3. The zero-order valence-electron chi connectivity index (χ0n) is 12.7. The van der Waals surface area contributed by atoms with E-state index in [1.807, 2.05) is 0 Å². The molecular formula is C18H11Cl2N3O2. The number of rotatable bonds is 2. The molecule has 25 heavy (non-hydrogen) atoms. The van der Waals surface area contributed by atoms with Gasteiger partial charge in [-0.15, -0.1) is 0 Å². The van der Waals surface area contributed by atoms with Crippen molar-refractivity contribution in [2.75, 3.05) is 0 Å². The number of amides is 2. The van der Waals surface area contributed by atoms with Crippen LogP contribution in [0.5, 0.6) is 0 Å². The van der Waals surface area contributed by atoms with Crippen LogP contribution in [0.1, 0.15) is 21.0 Å². The molecule has 2 heterocycles. The van der Waals surface area contributed by atoms with E-state index in [9.17, 15) is 9.59 Å². The summed E-state index contributed by atoms with van der Waals surface area (Å²) in [6.07, 6.45) is 0. The van der Waals surface area contributed by atoms with Gasteiger partial charge in [-0.1, -0.05) is 23.2 Å². The third kappa shape index (κ3) is 2.99. The fraction of sp³-hybridized carbons (Fsp3) is 0. The van der Waals surface area contributed by atoms with Gasteiger partial charge in [0, 0.05) is 31.9 Å². The van der Waals surface area contributed by atoms with Gasteiger partial charge in [0.05, 0.1) is 0 Å². The number of hydrogen-bond acceptors (Lipinski definition) is 2. The molecule has 0 aliphatic heterocycles. The van der Waals surface area contributed by atoms with E-state index in [4.69, 9.17) is 23.2 Å². The average Bonchev–Trinajstić information content (AvgIpc) is 3.17. The lowest BCUT2D eigenvalue weighted by atomic mass is 10.2. The number of aromatic nitrogens is 2. The predicted octanol–water partition coefficient (Wildman–Crippen LogP) is 4.53. The summed E-state index contributed by atoms with van der Waals surface area (Å²) in [4.78, 5) is 30.6. The minimum atomic E-state index is -0.519. The molecule has 7 heteroatoms. The fourth-order valence-corrected chi connectivity index (χ4v) is 3.05. The summed E-state index contributed by atoms with van der Waals surface area (Å²) < 4.78 is 0. The van der Waals surface area contributed by atoms with Crippen LogP contribution >= 0.6 is 23.2 Å². The molecule has 0 radical (unpaired) electrons. The molecule has 3 N–H and O–H groups in total. The van der Waals surface area contributed by atoms with Crippen molar-refractivity contribution in [3.8, 4) is 0 Å². The Labute approximate surface area is 151 Å². The first-order valence-electron chi connectivity index (χ1n) is 7.42. The summed E-state index contributed by atoms with van der Waals surface area (Å²) >= 11 is 11.9. The van der Waals surface area contributed by atoms with Crippen molar-refractivity contribution in [1.82, 2.24) is 15.3 Å². The van der Waals surface area contributed by atoms with Crippen molar-refractivity contribution in [2.24, 2.45) is 0 Å². The second kappa shape index (κ2) is 5.95. The van der Waals surface area contributed by atoms with Crippen LogP contribution in [0, 0.1) is 0 Å². The molecule has 124 valence electrons. The van der Waals surface area contributed by atoms with Crippen LogP contribution in [-0.2, 0) is 0 Å². The van der Waals surface area contributed by atoms with Crippen molar-refractivity contribution < 1.29 is 9.59 Å². The van der Waals surface area contributed by atoms with Gasteiger partial charge in [-0.05, 0) is 48.5 Å². The van der Waals surface area contributed by atoms with Gasteiger partial charge in [0.25, 0.3) is 11.8 Å². The number of fused-ring (bicyclic) bond motifs is 2. The molecule has 2 aromatic carbocycles. The first-order chi connectivity index (χ1) is 12.0. The number of imide groups is 1. The van der Waals surface area contributed by atoms with Crippen molar-refractivity contribution in [1.29, 1.82) is 0 Å². The largest absolute Gasteiger partial charge is 0.351 e. The smallest absolute Gasteiger partial charge is 0.274 e. The highest BCUT2D eigenvalue weighted by atomic mass is 35.5. The van der Waals surface area contributed by atoms with Crippen LogP contribution in [0.3, 0.4) is 0 Å². The van der Waals surface area contributed by atoms with E-state index in [0.29, 0.717) is 10.0 Å². The molecule has 2 aromatic heterocycles. The third-order valence-corrected chi connectivity index (χ3v) is 4.35. The van der Waals surface area contributed by atoms with E-state index in [1.54, 1.807) is 48.5 Å². The molecule has 5 nitrogen and oxygen atoms in total. The highest BCUT2D eigenvalue weighted by Gasteiger charge is 2.16. The summed E-state index contributed by atoms with van der Waals surface area (Å²) in [5.41, 5.74) is 2.10. The molecule has 0 unspecified atom stereocenters. The monoisotopic (exact) mass is 371 g/mol. The Hall–Kier alpha value is -2.76. The van der Waals surface area contributed by atoms with Crippen LogP contribution in [0.4, 0.5) is 0 Å². The minimum Gasteiger partial charge on any atom is -0.351 e. The molecule has 4 aromatic rings. The van der Waals surface area contributed by atoms with Crippen molar-refractivity contribution in [3.63, 3.8) is 0 Å². The minimum absolute atomic E-state index is 0.282. The number of hydrogen-bond donors (Lipinski definition) is 3. The van der Waals surface area contributed by atoms with E-state index in [2.05, 4.69) is 15.3 Å². The zero-order valence-corrected chi connectivity index (χ0v) is 14.2. The molecular weight excluding hydrogens is 361 g/mol. The third-order valence-electron chi connectivity index (χ3n) is 3.88. The number of aromatic amines is 2. The van der Waals surface area contributed by atoms with E-state index in [0.717, 1.165) is 21.8 Å². The maximum Gasteiger partial charge on any atom is 0.274 e. The highest BCUT2D eigenvalue weighted by Crippen LogP contribution is 2.21. The van der Waals surface area contributed by atoms with Gasteiger partial charge in [0.1, 0.15) is 11.4 Å². The molecule has 0 aliphatic rings. The fourth-order valence-electron chi connectivity index (χ4n) is 2.69. The van der Waals surface area contributed by atoms with Gasteiger partial charge < -0.3 is 9.97 Å². The van der Waals surface area contributed by atoms with Crippen LogP contribution in [-0.4, -0.2) is 21.8 Å².